The van der Waals surface area contributed by atoms with Crippen molar-refractivity contribution in [3.05, 3.63) is 92.4 Å². The summed E-state index contributed by atoms with van der Waals surface area (Å²) < 4.78 is 8.00. The molecular formula is C26H25Br2NO. The van der Waals surface area contributed by atoms with E-state index in [0.29, 0.717) is 6.61 Å². The van der Waals surface area contributed by atoms with Gasteiger partial charge in [0.25, 0.3) is 0 Å². The Hall–Kier alpha value is -1.91. The topological polar surface area (TPSA) is 21.6 Å². The van der Waals surface area contributed by atoms with E-state index in [2.05, 4.69) is 67.2 Å². The maximum atomic E-state index is 5.91. The van der Waals surface area contributed by atoms with Crippen molar-refractivity contribution in [2.45, 2.75) is 44.6 Å². The first kappa shape index (κ1) is 21.3. The van der Waals surface area contributed by atoms with Gasteiger partial charge >= 0.3 is 0 Å². The normalized spacial score (nSPS) is 14.9. The Kier molecular flexibility index (Phi) is 7.40. The minimum atomic E-state index is 0.522. The van der Waals surface area contributed by atoms with Gasteiger partial charge in [0.2, 0.25) is 0 Å². The average molecular weight is 527 g/mol. The molecule has 0 atom stereocenters. The van der Waals surface area contributed by atoms with E-state index in [1.165, 1.54) is 37.7 Å². The summed E-state index contributed by atoms with van der Waals surface area (Å²) in [7, 11) is 0. The number of benzene rings is 3. The van der Waals surface area contributed by atoms with Gasteiger partial charge in [0.1, 0.15) is 12.4 Å². The second-order valence-electron chi connectivity index (χ2n) is 7.78. The van der Waals surface area contributed by atoms with E-state index < -0.39 is 0 Å². The van der Waals surface area contributed by atoms with Crippen molar-refractivity contribution in [1.29, 1.82) is 0 Å². The minimum absolute atomic E-state index is 0.522. The first-order chi connectivity index (χ1) is 14.7. The molecule has 1 fully saturated rings. The van der Waals surface area contributed by atoms with Crippen molar-refractivity contribution in [3.8, 4) is 5.75 Å². The smallest absolute Gasteiger partial charge is 0.119 e. The van der Waals surface area contributed by atoms with Gasteiger partial charge in [-0.05, 0) is 78.4 Å². The largest absolute Gasteiger partial charge is 0.489 e. The van der Waals surface area contributed by atoms with Crippen molar-refractivity contribution in [1.82, 2.24) is 0 Å². The number of nitrogens with zero attached hydrogens (tertiary/aromatic N) is 1. The van der Waals surface area contributed by atoms with Gasteiger partial charge < -0.3 is 4.74 Å². The standard InChI is InChI=1S/C26H25Br2NO/c27-23-11-8-22(26(28)16-23)18-30-25-14-6-19(7-15-25)17-29-24-12-9-21(10-13-24)20-4-2-1-3-5-20/h6-17,20H,1-5,18H2. The summed E-state index contributed by atoms with van der Waals surface area (Å²) in [5, 5.41) is 0. The molecule has 1 aliphatic carbocycles. The van der Waals surface area contributed by atoms with Crippen molar-refractivity contribution in [2.24, 2.45) is 4.99 Å². The lowest BCUT2D eigenvalue weighted by molar-refractivity contribution is 0.305. The van der Waals surface area contributed by atoms with Crippen LogP contribution in [0.15, 0.2) is 80.7 Å². The van der Waals surface area contributed by atoms with E-state index in [1.54, 1.807) is 0 Å². The van der Waals surface area contributed by atoms with Gasteiger partial charge in [0.05, 0.1) is 5.69 Å². The van der Waals surface area contributed by atoms with Crippen LogP contribution in [0, 0.1) is 0 Å². The molecule has 1 saturated carbocycles. The highest BCUT2D eigenvalue weighted by molar-refractivity contribution is 9.11. The fourth-order valence-corrected chi connectivity index (χ4v) is 5.03. The van der Waals surface area contributed by atoms with E-state index in [4.69, 9.17) is 4.74 Å². The fourth-order valence-electron chi connectivity index (χ4n) is 3.87. The molecule has 154 valence electrons. The van der Waals surface area contributed by atoms with Crippen LogP contribution in [-0.4, -0.2) is 6.21 Å². The first-order valence-electron chi connectivity index (χ1n) is 10.5. The Balaban J connectivity index is 1.33. The number of aliphatic imine (C=N–C) groups is 1. The fraction of sp³-hybridized carbons (Fsp3) is 0.269. The van der Waals surface area contributed by atoms with Crippen molar-refractivity contribution >= 4 is 43.8 Å². The molecule has 4 rings (SSSR count). The predicted molar refractivity (Wildman–Crippen MR) is 132 cm³/mol. The Morgan fingerprint density at radius 3 is 2.30 bits per heavy atom. The summed E-state index contributed by atoms with van der Waals surface area (Å²) >= 11 is 7.04. The molecule has 4 heteroatoms. The van der Waals surface area contributed by atoms with Gasteiger partial charge in [-0.1, -0.05) is 69.3 Å². The van der Waals surface area contributed by atoms with E-state index in [9.17, 15) is 0 Å². The van der Waals surface area contributed by atoms with Crippen LogP contribution in [0.2, 0.25) is 0 Å². The van der Waals surface area contributed by atoms with Crippen molar-refractivity contribution in [3.63, 3.8) is 0 Å². The SMILES string of the molecule is Brc1ccc(COc2ccc(C=Nc3ccc(C4CCCCC4)cc3)cc2)c(Br)c1. The molecule has 0 unspecified atom stereocenters. The molecule has 0 amide bonds. The number of ether oxygens (including phenoxy) is 1. The van der Waals surface area contributed by atoms with Crippen LogP contribution in [0.3, 0.4) is 0 Å². The number of halogens is 2. The summed E-state index contributed by atoms with van der Waals surface area (Å²) in [4.78, 5) is 4.63. The quantitative estimate of drug-likeness (QED) is 0.294. The highest BCUT2D eigenvalue weighted by atomic mass is 79.9. The third-order valence-corrected chi connectivity index (χ3v) is 6.85. The molecule has 0 bridgehead atoms. The van der Waals surface area contributed by atoms with E-state index in [1.807, 2.05) is 42.6 Å². The molecule has 0 aliphatic heterocycles. The predicted octanol–water partition coefficient (Wildman–Crippen LogP) is 8.59. The van der Waals surface area contributed by atoms with Gasteiger partial charge in [0, 0.05) is 20.7 Å². The number of rotatable bonds is 6. The zero-order chi connectivity index (χ0) is 20.8. The highest BCUT2D eigenvalue weighted by Gasteiger charge is 2.14. The average Bonchev–Trinajstić information content (AvgIpc) is 2.79. The summed E-state index contributed by atoms with van der Waals surface area (Å²) in [6, 6.07) is 22.9. The zero-order valence-corrected chi connectivity index (χ0v) is 20.0. The molecule has 0 aromatic heterocycles. The molecule has 0 spiro atoms. The molecule has 2 nitrogen and oxygen atoms in total. The molecule has 0 radical (unpaired) electrons. The van der Waals surface area contributed by atoms with Crippen LogP contribution >= 0.6 is 31.9 Å². The van der Waals surface area contributed by atoms with Crippen LogP contribution in [0.1, 0.15) is 54.7 Å². The van der Waals surface area contributed by atoms with Gasteiger partial charge in [0.15, 0.2) is 0 Å². The monoisotopic (exact) mass is 525 g/mol. The lowest BCUT2D eigenvalue weighted by Crippen LogP contribution is -2.03. The van der Waals surface area contributed by atoms with E-state index >= 15 is 0 Å². The first-order valence-corrected chi connectivity index (χ1v) is 12.1. The third kappa shape index (κ3) is 5.83. The lowest BCUT2D eigenvalue weighted by Gasteiger charge is -2.21. The van der Waals surface area contributed by atoms with E-state index in [-0.39, 0.29) is 0 Å². The van der Waals surface area contributed by atoms with Gasteiger partial charge in [-0.2, -0.15) is 0 Å². The Bertz CT molecular complexity index is 991. The third-order valence-electron chi connectivity index (χ3n) is 5.62. The molecule has 1 aliphatic rings. The van der Waals surface area contributed by atoms with Crippen LogP contribution in [-0.2, 0) is 6.61 Å². The Labute approximate surface area is 195 Å². The molecule has 3 aromatic rings. The molecule has 3 aromatic carbocycles. The summed E-state index contributed by atoms with van der Waals surface area (Å²) in [6.45, 7) is 0.522. The molecular weight excluding hydrogens is 502 g/mol. The van der Waals surface area contributed by atoms with Crippen molar-refractivity contribution < 1.29 is 4.74 Å². The van der Waals surface area contributed by atoms with Crippen molar-refractivity contribution in [2.75, 3.05) is 0 Å². The number of hydrogen-bond donors (Lipinski definition) is 0. The zero-order valence-electron chi connectivity index (χ0n) is 16.9. The molecule has 0 saturated heterocycles. The lowest BCUT2D eigenvalue weighted by atomic mass is 9.84. The second-order valence-corrected chi connectivity index (χ2v) is 9.55. The maximum absolute atomic E-state index is 5.91. The molecule has 30 heavy (non-hydrogen) atoms. The van der Waals surface area contributed by atoms with E-state index in [0.717, 1.165) is 37.4 Å². The van der Waals surface area contributed by atoms with Crippen LogP contribution in [0.5, 0.6) is 5.75 Å². The van der Waals surface area contributed by atoms with Gasteiger partial charge in [-0.15, -0.1) is 0 Å². The van der Waals surface area contributed by atoms with Gasteiger partial charge in [-0.25, -0.2) is 0 Å². The van der Waals surface area contributed by atoms with Crippen LogP contribution < -0.4 is 4.74 Å². The van der Waals surface area contributed by atoms with Crippen LogP contribution in [0.4, 0.5) is 5.69 Å². The van der Waals surface area contributed by atoms with Gasteiger partial charge in [-0.3, -0.25) is 4.99 Å². The highest BCUT2D eigenvalue weighted by Crippen LogP contribution is 2.33. The minimum Gasteiger partial charge on any atom is -0.489 e. The van der Waals surface area contributed by atoms with Crippen LogP contribution in [0.25, 0.3) is 0 Å². The summed E-state index contributed by atoms with van der Waals surface area (Å²) in [5.74, 6) is 1.58. The number of hydrogen-bond acceptors (Lipinski definition) is 2. The summed E-state index contributed by atoms with van der Waals surface area (Å²) in [5.41, 5.74) is 4.63. The molecule has 0 heterocycles. The Morgan fingerprint density at radius 2 is 1.60 bits per heavy atom. The molecule has 0 N–H and O–H groups in total. The summed E-state index contributed by atoms with van der Waals surface area (Å²) in [6.07, 6.45) is 8.69. The second kappa shape index (κ2) is 10.4. The maximum Gasteiger partial charge on any atom is 0.119 e. The Morgan fingerprint density at radius 1 is 0.867 bits per heavy atom.